The van der Waals surface area contributed by atoms with Crippen LogP contribution in [0.2, 0.25) is 0 Å². The lowest BCUT2D eigenvalue weighted by Crippen LogP contribution is -2.32. The summed E-state index contributed by atoms with van der Waals surface area (Å²) in [6.45, 7) is 3.70. The van der Waals surface area contributed by atoms with Crippen molar-refractivity contribution in [1.82, 2.24) is 0 Å². The second-order valence-corrected chi connectivity index (χ2v) is 6.13. The highest BCUT2D eigenvalue weighted by Crippen LogP contribution is 2.38. The Kier molecular flexibility index (Phi) is 4.11. The van der Waals surface area contributed by atoms with E-state index in [0.717, 1.165) is 39.0 Å². The van der Waals surface area contributed by atoms with E-state index in [1.54, 1.807) is 12.1 Å². The fraction of sp³-hybridized carbons (Fsp3) is 0.562. The number of nitro groups is 1. The summed E-state index contributed by atoms with van der Waals surface area (Å²) in [4.78, 5) is 24.7. The topological polar surface area (TPSA) is 72.7 Å². The molecule has 0 N–H and O–H groups in total. The lowest BCUT2D eigenvalue weighted by molar-refractivity contribution is -0.384. The van der Waals surface area contributed by atoms with Gasteiger partial charge in [0.15, 0.2) is 5.78 Å². The van der Waals surface area contributed by atoms with E-state index < -0.39 is 0 Å². The maximum Gasteiger partial charge on any atom is 0.293 e. The van der Waals surface area contributed by atoms with Gasteiger partial charge >= 0.3 is 0 Å². The highest BCUT2D eigenvalue weighted by atomic mass is 16.6. The fourth-order valence-corrected chi connectivity index (χ4v) is 2.97. The van der Waals surface area contributed by atoms with Gasteiger partial charge in [-0.25, -0.2) is 0 Å². The fourth-order valence-electron chi connectivity index (χ4n) is 2.97. The van der Waals surface area contributed by atoms with Crippen LogP contribution >= 0.6 is 0 Å². The minimum Gasteiger partial charge on any atom is -0.381 e. The van der Waals surface area contributed by atoms with Crippen LogP contribution < -0.4 is 4.90 Å². The molecule has 2 fully saturated rings. The largest absolute Gasteiger partial charge is 0.381 e. The number of hydrogen-bond donors (Lipinski definition) is 0. The number of carbonyl (C=O) groups is 1. The molecule has 3 rings (SSSR count). The van der Waals surface area contributed by atoms with Crippen molar-refractivity contribution in [1.29, 1.82) is 0 Å². The van der Waals surface area contributed by atoms with Gasteiger partial charge in [-0.15, -0.1) is 0 Å². The molecule has 1 saturated heterocycles. The molecule has 0 spiro atoms. The van der Waals surface area contributed by atoms with Crippen molar-refractivity contribution in [3.05, 3.63) is 33.9 Å². The predicted octanol–water partition coefficient (Wildman–Crippen LogP) is 2.80. The van der Waals surface area contributed by atoms with E-state index in [1.807, 2.05) is 0 Å². The molecular weight excluding hydrogens is 284 g/mol. The number of ether oxygens (including phenoxy) is 1. The third-order valence-corrected chi connectivity index (χ3v) is 4.35. The Hall–Kier alpha value is -1.95. The molecule has 1 aliphatic carbocycles. The van der Waals surface area contributed by atoms with Gasteiger partial charge in [0, 0.05) is 36.7 Å². The lowest BCUT2D eigenvalue weighted by Gasteiger charge is -2.27. The number of anilines is 1. The minimum atomic E-state index is -0.387. The van der Waals surface area contributed by atoms with Gasteiger partial charge in [-0.3, -0.25) is 14.9 Å². The van der Waals surface area contributed by atoms with E-state index in [4.69, 9.17) is 4.74 Å². The number of rotatable bonds is 6. The average Bonchev–Trinajstić information content (AvgIpc) is 3.20. The minimum absolute atomic E-state index is 0.0264. The van der Waals surface area contributed by atoms with Crippen LogP contribution in [0.3, 0.4) is 0 Å². The molecule has 6 nitrogen and oxygen atoms in total. The molecule has 2 aliphatic rings. The number of nitro benzene ring substituents is 1. The molecule has 1 saturated carbocycles. The molecule has 1 atom stereocenters. The SMILES string of the molecule is CC(=O)c1ccc(N(C[C@@H]2CCOC2)C2CC2)c([N+](=O)[O-])c1. The van der Waals surface area contributed by atoms with Crippen molar-refractivity contribution >= 4 is 17.2 Å². The van der Waals surface area contributed by atoms with E-state index >= 15 is 0 Å². The Balaban J connectivity index is 1.92. The summed E-state index contributed by atoms with van der Waals surface area (Å²) >= 11 is 0. The second kappa shape index (κ2) is 6.04. The van der Waals surface area contributed by atoms with E-state index in [-0.39, 0.29) is 16.4 Å². The number of Topliss-reactive ketones (excluding diaryl/α,β-unsaturated/α-hetero) is 1. The summed E-state index contributed by atoms with van der Waals surface area (Å²) in [5.41, 5.74) is 1.04. The molecule has 1 heterocycles. The van der Waals surface area contributed by atoms with Gasteiger partial charge in [0.25, 0.3) is 5.69 Å². The van der Waals surface area contributed by atoms with Crippen LogP contribution in [-0.4, -0.2) is 36.5 Å². The summed E-state index contributed by atoms with van der Waals surface area (Å²) in [5, 5.41) is 11.4. The van der Waals surface area contributed by atoms with Crippen molar-refractivity contribution in [2.45, 2.75) is 32.2 Å². The molecule has 1 aliphatic heterocycles. The van der Waals surface area contributed by atoms with Gasteiger partial charge in [-0.1, -0.05) is 0 Å². The first-order chi connectivity index (χ1) is 10.6. The molecular formula is C16H20N2O4. The van der Waals surface area contributed by atoms with E-state index in [2.05, 4.69) is 4.90 Å². The Morgan fingerprint density at radius 3 is 2.73 bits per heavy atom. The molecule has 1 aromatic carbocycles. The number of benzene rings is 1. The van der Waals surface area contributed by atoms with Crippen molar-refractivity contribution in [2.75, 3.05) is 24.7 Å². The van der Waals surface area contributed by atoms with Crippen LogP contribution in [-0.2, 0) is 4.74 Å². The average molecular weight is 304 g/mol. The Labute approximate surface area is 129 Å². The van der Waals surface area contributed by atoms with Crippen molar-refractivity contribution < 1.29 is 14.5 Å². The second-order valence-electron chi connectivity index (χ2n) is 6.13. The first-order valence-electron chi connectivity index (χ1n) is 7.70. The van der Waals surface area contributed by atoms with Crippen LogP contribution in [0.25, 0.3) is 0 Å². The van der Waals surface area contributed by atoms with Crippen molar-refractivity contribution in [2.24, 2.45) is 5.92 Å². The summed E-state index contributed by atoms with van der Waals surface area (Å²) in [6, 6.07) is 5.19. The lowest BCUT2D eigenvalue weighted by atomic mass is 10.1. The van der Waals surface area contributed by atoms with Crippen LogP contribution in [0.15, 0.2) is 18.2 Å². The van der Waals surface area contributed by atoms with Crippen LogP contribution in [0.1, 0.15) is 36.5 Å². The summed E-state index contributed by atoms with van der Waals surface area (Å²) < 4.78 is 5.42. The first-order valence-corrected chi connectivity index (χ1v) is 7.70. The molecule has 118 valence electrons. The van der Waals surface area contributed by atoms with Crippen LogP contribution in [0.4, 0.5) is 11.4 Å². The summed E-state index contributed by atoms with van der Waals surface area (Å²) in [5.74, 6) is 0.268. The van der Waals surface area contributed by atoms with Gasteiger partial charge in [-0.05, 0) is 38.3 Å². The highest BCUT2D eigenvalue weighted by molar-refractivity contribution is 5.95. The summed E-state index contributed by atoms with van der Waals surface area (Å²) in [7, 11) is 0. The Morgan fingerprint density at radius 2 is 2.18 bits per heavy atom. The van der Waals surface area contributed by atoms with Gasteiger partial charge in [-0.2, -0.15) is 0 Å². The predicted molar refractivity (Wildman–Crippen MR) is 82.4 cm³/mol. The van der Waals surface area contributed by atoms with Crippen LogP contribution in [0.5, 0.6) is 0 Å². The van der Waals surface area contributed by atoms with Gasteiger partial charge in [0.2, 0.25) is 0 Å². The standard InChI is InChI=1S/C16H20N2O4/c1-11(19)13-2-5-15(16(8-13)18(20)21)17(14-3-4-14)9-12-6-7-22-10-12/h2,5,8,12,14H,3-4,6-7,9-10H2,1H3/t12-/m0/s1. The van der Waals surface area contributed by atoms with Gasteiger partial charge in [0.05, 0.1) is 11.5 Å². The molecule has 0 radical (unpaired) electrons. The zero-order chi connectivity index (χ0) is 15.7. The molecule has 0 bridgehead atoms. The van der Waals surface area contributed by atoms with E-state index in [9.17, 15) is 14.9 Å². The normalized spacial score (nSPS) is 20.9. The molecule has 0 unspecified atom stereocenters. The highest BCUT2D eigenvalue weighted by Gasteiger charge is 2.35. The molecule has 0 aromatic heterocycles. The van der Waals surface area contributed by atoms with E-state index in [1.165, 1.54) is 13.0 Å². The number of hydrogen-bond acceptors (Lipinski definition) is 5. The number of ketones is 1. The van der Waals surface area contributed by atoms with Gasteiger partial charge in [0.1, 0.15) is 5.69 Å². The number of nitrogens with zero attached hydrogens (tertiary/aromatic N) is 2. The number of carbonyl (C=O) groups excluding carboxylic acids is 1. The zero-order valence-corrected chi connectivity index (χ0v) is 12.7. The third-order valence-electron chi connectivity index (χ3n) is 4.35. The van der Waals surface area contributed by atoms with Crippen molar-refractivity contribution in [3.8, 4) is 0 Å². The zero-order valence-electron chi connectivity index (χ0n) is 12.7. The Bertz CT molecular complexity index is 592. The van der Waals surface area contributed by atoms with E-state index in [0.29, 0.717) is 23.2 Å². The quantitative estimate of drug-likeness (QED) is 0.459. The molecule has 6 heteroatoms. The van der Waals surface area contributed by atoms with Crippen molar-refractivity contribution in [3.63, 3.8) is 0 Å². The maximum absolute atomic E-state index is 11.5. The summed E-state index contributed by atoms with van der Waals surface area (Å²) in [6.07, 6.45) is 3.14. The van der Waals surface area contributed by atoms with Crippen LogP contribution in [0, 0.1) is 16.0 Å². The Morgan fingerprint density at radius 1 is 1.41 bits per heavy atom. The molecule has 22 heavy (non-hydrogen) atoms. The molecule has 0 amide bonds. The third kappa shape index (κ3) is 3.11. The van der Waals surface area contributed by atoms with Gasteiger partial charge < -0.3 is 9.64 Å². The monoisotopic (exact) mass is 304 g/mol. The first kappa shape index (κ1) is 15.0. The smallest absolute Gasteiger partial charge is 0.293 e. The molecule has 1 aromatic rings. The maximum atomic E-state index is 11.5.